The van der Waals surface area contributed by atoms with E-state index in [4.69, 9.17) is 0 Å². The van der Waals surface area contributed by atoms with E-state index in [0.29, 0.717) is 0 Å². The van der Waals surface area contributed by atoms with Crippen molar-refractivity contribution >= 4 is 12.6 Å². The minimum absolute atomic E-state index is 0.220. The Morgan fingerprint density at radius 2 is 1.50 bits per heavy atom. The Kier molecular flexibility index (Phi) is 5.03. The molecular formula is C8H11FS. The maximum Gasteiger partial charge on any atom is 0.123 e. The lowest BCUT2D eigenvalue weighted by molar-refractivity contribution is 0.626. The minimum atomic E-state index is -0.220. The lowest BCUT2D eigenvalue weighted by Crippen LogP contribution is -1.68. The van der Waals surface area contributed by atoms with Crippen LogP contribution in [0.4, 0.5) is 4.39 Å². The van der Waals surface area contributed by atoms with Crippen LogP contribution in [0.3, 0.4) is 0 Å². The van der Waals surface area contributed by atoms with Gasteiger partial charge >= 0.3 is 0 Å². The predicted molar refractivity (Wildman–Crippen MR) is 45.0 cm³/mol. The molecule has 10 heavy (non-hydrogen) atoms. The molecule has 0 saturated heterocycles. The Morgan fingerprint density at radius 3 is 1.80 bits per heavy atom. The van der Waals surface area contributed by atoms with Gasteiger partial charge in [-0.15, -0.1) is 12.6 Å². The molecule has 0 spiro atoms. The maximum absolute atomic E-state index is 12.1. The van der Waals surface area contributed by atoms with Crippen LogP contribution in [-0.4, -0.2) is 0 Å². The number of rotatable bonds is 0. The van der Waals surface area contributed by atoms with Gasteiger partial charge in [0, 0.05) is 4.90 Å². The van der Waals surface area contributed by atoms with Crippen molar-refractivity contribution in [1.82, 2.24) is 0 Å². The molecule has 0 bridgehead atoms. The molecule has 0 unspecified atom stereocenters. The van der Waals surface area contributed by atoms with E-state index in [2.05, 4.69) is 12.6 Å². The van der Waals surface area contributed by atoms with Gasteiger partial charge in [-0.25, -0.2) is 4.39 Å². The van der Waals surface area contributed by atoms with E-state index in [1.807, 2.05) is 13.8 Å². The number of thiol groups is 1. The van der Waals surface area contributed by atoms with Crippen LogP contribution in [0.15, 0.2) is 29.2 Å². The van der Waals surface area contributed by atoms with Crippen LogP contribution >= 0.6 is 12.6 Å². The van der Waals surface area contributed by atoms with Gasteiger partial charge in [-0.2, -0.15) is 0 Å². The first-order valence-corrected chi connectivity index (χ1v) is 3.68. The van der Waals surface area contributed by atoms with Crippen molar-refractivity contribution in [2.24, 2.45) is 0 Å². The zero-order chi connectivity index (χ0) is 7.98. The highest BCUT2D eigenvalue weighted by molar-refractivity contribution is 7.80. The van der Waals surface area contributed by atoms with Crippen LogP contribution in [0.2, 0.25) is 0 Å². The second kappa shape index (κ2) is 5.30. The molecule has 1 rings (SSSR count). The van der Waals surface area contributed by atoms with Gasteiger partial charge in [0.1, 0.15) is 5.82 Å². The van der Waals surface area contributed by atoms with Crippen LogP contribution in [-0.2, 0) is 0 Å². The molecule has 0 heterocycles. The van der Waals surface area contributed by atoms with E-state index >= 15 is 0 Å². The third-order valence-electron chi connectivity index (χ3n) is 0.827. The lowest BCUT2D eigenvalue weighted by atomic mass is 10.4. The van der Waals surface area contributed by atoms with Crippen molar-refractivity contribution < 1.29 is 4.39 Å². The SMILES string of the molecule is CC.Fc1ccc(S)cc1. The molecule has 0 aliphatic heterocycles. The highest BCUT2D eigenvalue weighted by atomic mass is 32.1. The zero-order valence-electron chi connectivity index (χ0n) is 6.13. The van der Waals surface area contributed by atoms with Gasteiger partial charge in [-0.05, 0) is 24.3 Å². The first-order valence-electron chi connectivity index (χ1n) is 3.23. The zero-order valence-corrected chi connectivity index (χ0v) is 7.03. The summed E-state index contributed by atoms with van der Waals surface area (Å²) < 4.78 is 12.1. The van der Waals surface area contributed by atoms with Crippen molar-refractivity contribution in [1.29, 1.82) is 0 Å². The molecule has 0 atom stereocenters. The topological polar surface area (TPSA) is 0 Å². The monoisotopic (exact) mass is 158 g/mol. The van der Waals surface area contributed by atoms with Crippen LogP contribution in [0.1, 0.15) is 13.8 Å². The fourth-order valence-electron chi connectivity index (χ4n) is 0.441. The molecule has 2 heteroatoms. The Balaban J connectivity index is 0.000000371. The third kappa shape index (κ3) is 3.51. The molecule has 0 saturated carbocycles. The number of halogens is 1. The van der Waals surface area contributed by atoms with Crippen molar-refractivity contribution in [3.8, 4) is 0 Å². The van der Waals surface area contributed by atoms with E-state index in [1.165, 1.54) is 12.1 Å². The van der Waals surface area contributed by atoms with E-state index in [0.717, 1.165) is 4.90 Å². The summed E-state index contributed by atoms with van der Waals surface area (Å²) >= 11 is 3.97. The van der Waals surface area contributed by atoms with Gasteiger partial charge in [-0.1, -0.05) is 13.8 Å². The molecule has 1 aromatic rings. The second-order valence-electron chi connectivity index (χ2n) is 1.48. The Morgan fingerprint density at radius 1 is 1.10 bits per heavy atom. The number of hydrogen-bond donors (Lipinski definition) is 1. The summed E-state index contributed by atoms with van der Waals surface area (Å²) in [5.74, 6) is -0.220. The van der Waals surface area contributed by atoms with Crippen LogP contribution in [0, 0.1) is 5.82 Å². The third-order valence-corrected chi connectivity index (χ3v) is 1.12. The van der Waals surface area contributed by atoms with Crippen LogP contribution in [0.5, 0.6) is 0 Å². The maximum atomic E-state index is 12.1. The van der Waals surface area contributed by atoms with Crippen molar-refractivity contribution in [2.45, 2.75) is 18.7 Å². The molecule has 56 valence electrons. The van der Waals surface area contributed by atoms with Gasteiger partial charge < -0.3 is 0 Å². The molecule has 0 aliphatic rings. The summed E-state index contributed by atoms with van der Waals surface area (Å²) in [6, 6.07) is 5.97. The Hall–Kier alpha value is -0.500. The molecule has 0 N–H and O–H groups in total. The van der Waals surface area contributed by atoms with Crippen molar-refractivity contribution in [3.05, 3.63) is 30.1 Å². The minimum Gasteiger partial charge on any atom is -0.207 e. The Labute approximate surface area is 66.5 Å². The second-order valence-corrected chi connectivity index (χ2v) is 1.99. The average molecular weight is 158 g/mol. The summed E-state index contributed by atoms with van der Waals surface area (Å²) in [5.41, 5.74) is 0. The van der Waals surface area contributed by atoms with Crippen molar-refractivity contribution in [2.75, 3.05) is 0 Å². The summed E-state index contributed by atoms with van der Waals surface area (Å²) in [7, 11) is 0. The first kappa shape index (κ1) is 9.50. The van der Waals surface area contributed by atoms with Gasteiger partial charge in [0.25, 0.3) is 0 Å². The summed E-state index contributed by atoms with van der Waals surface area (Å²) in [6.07, 6.45) is 0. The fraction of sp³-hybridized carbons (Fsp3) is 0.250. The largest absolute Gasteiger partial charge is 0.207 e. The molecule has 0 nitrogen and oxygen atoms in total. The average Bonchev–Trinajstić information content (AvgIpc) is 2.00. The molecule has 0 aromatic heterocycles. The predicted octanol–water partition coefficient (Wildman–Crippen LogP) is 3.14. The lowest BCUT2D eigenvalue weighted by Gasteiger charge is -1.86. The molecule has 0 fully saturated rings. The summed E-state index contributed by atoms with van der Waals surface area (Å²) in [4.78, 5) is 0.784. The molecular weight excluding hydrogens is 147 g/mol. The first-order chi connectivity index (χ1) is 4.79. The van der Waals surface area contributed by atoms with E-state index < -0.39 is 0 Å². The van der Waals surface area contributed by atoms with Crippen LogP contribution < -0.4 is 0 Å². The Bertz CT molecular complexity index is 148. The number of benzene rings is 1. The molecule has 0 radical (unpaired) electrons. The van der Waals surface area contributed by atoms with Gasteiger partial charge in [-0.3, -0.25) is 0 Å². The van der Waals surface area contributed by atoms with E-state index in [1.54, 1.807) is 12.1 Å². The highest BCUT2D eigenvalue weighted by Crippen LogP contribution is 2.04. The highest BCUT2D eigenvalue weighted by Gasteiger charge is 1.84. The molecule has 1 aromatic carbocycles. The van der Waals surface area contributed by atoms with E-state index in [-0.39, 0.29) is 5.82 Å². The van der Waals surface area contributed by atoms with E-state index in [9.17, 15) is 4.39 Å². The smallest absolute Gasteiger partial charge is 0.123 e. The fourth-order valence-corrected chi connectivity index (χ4v) is 0.590. The normalized spacial score (nSPS) is 8.00. The van der Waals surface area contributed by atoms with Gasteiger partial charge in [0.2, 0.25) is 0 Å². The summed E-state index contributed by atoms with van der Waals surface area (Å²) in [6.45, 7) is 4.00. The number of hydrogen-bond acceptors (Lipinski definition) is 1. The molecule has 0 aliphatic carbocycles. The quantitative estimate of drug-likeness (QED) is 0.551. The summed E-state index contributed by atoms with van der Waals surface area (Å²) in [5, 5.41) is 0. The van der Waals surface area contributed by atoms with Crippen LogP contribution in [0.25, 0.3) is 0 Å². The molecule has 0 amide bonds. The van der Waals surface area contributed by atoms with Gasteiger partial charge in [0.05, 0.1) is 0 Å². The van der Waals surface area contributed by atoms with Crippen molar-refractivity contribution in [3.63, 3.8) is 0 Å². The standard InChI is InChI=1S/C6H5FS.C2H6/c7-5-1-3-6(8)4-2-5;1-2/h1-4,8H;1-2H3. The van der Waals surface area contributed by atoms with Gasteiger partial charge in [0.15, 0.2) is 0 Å².